The molecule has 0 saturated carbocycles. The van der Waals surface area contributed by atoms with Crippen LogP contribution >= 0.6 is 12.2 Å². The van der Waals surface area contributed by atoms with Crippen LogP contribution in [0.5, 0.6) is 11.5 Å². The van der Waals surface area contributed by atoms with Gasteiger partial charge in [-0.1, -0.05) is 12.1 Å². The Kier molecular flexibility index (Phi) is 2.79. The molecule has 0 bridgehead atoms. The van der Waals surface area contributed by atoms with Crippen molar-refractivity contribution in [3.05, 3.63) is 34.9 Å². The third-order valence-corrected chi connectivity index (χ3v) is 3.21. The van der Waals surface area contributed by atoms with Crippen molar-refractivity contribution in [2.75, 3.05) is 6.61 Å². The standard InChI is InChI=1S/C12H13N3O2S/c1-2-15-11(13-14-12(15)18)10-7-16-8-5-3-4-6-9(8)17-10/h3-6,10H,2,7H2,1H3,(H,14,18)/t10-/m0/s1. The Bertz CT molecular complexity index is 620. The first kappa shape index (κ1) is 11.3. The van der Waals surface area contributed by atoms with Crippen molar-refractivity contribution in [1.82, 2.24) is 14.8 Å². The Morgan fingerprint density at radius 3 is 3.00 bits per heavy atom. The molecular weight excluding hydrogens is 250 g/mol. The molecule has 0 saturated heterocycles. The first-order chi connectivity index (χ1) is 8.79. The van der Waals surface area contributed by atoms with E-state index in [4.69, 9.17) is 21.7 Å². The van der Waals surface area contributed by atoms with Crippen LogP contribution in [0.3, 0.4) is 0 Å². The number of hydrogen-bond acceptors (Lipinski definition) is 4. The van der Waals surface area contributed by atoms with E-state index in [-0.39, 0.29) is 6.10 Å². The van der Waals surface area contributed by atoms with Crippen molar-refractivity contribution in [1.29, 1.82) is 0 Å². The molecule has 3 rings (SSSR count). The number of para-hydroxylation sites is 2. The van der Waals surface area contributed by atoms with Crippen LogP contribution in [0.15, 0.2) is 24.3 Å². The van der Waals surface area contributed by atoms with E-state index < -0.39 is 0 Å². The van der Waals surface area contributed by atoms with Gasteiger partial charge in [0.15, 0.2) is 28.2 Å². The minimum atomic E-state index is -0.229. The lowest BCUT2D eigenvalue weighted by Gasteiger charge is -2.25. The predicted molar refractivity (Wildman–Crippen MR) is 68.4 cm³/mol. The van der Waals surface area contributed by atoms with Gasteiger partial charge in [0.05, 0.1) is 0 Å². The molecule has 0 radical (unpaired) electrons. The molecule has 0 amide bonds. The van der Waals surface area contributed by atoms with Crippen LogP contribution < -0.4 is 9.47 Å². The van der Waals surface area contributed by atoms with Gasteiger partial charge in [-0.3, -0.25) is 5.10 Å². The highest BCUT2D eigenvalue weighted by molar-refractivity contribution is 7.71. The van der Waals surface area contributed by atoms with Crippen LogP contribution in [0.2, 0.25) is 0 Å². The molecule has 1 atom stereocenters. The van der Waals surface area contributed by atoms with E-state index in [0.29, 0.717) is 11.4 Å². The molecule has 18 heavy (non-hydrogen) atoms. The minimum absolute atomic E-state index is 0.229. The Morgan fingerprint density at radius 1 is 1.44 bits per heavy atom. The van der Waals surface area contributed by atoms with Gasteiger partial charge in [-0.2, -0.15) is 5.10 Å². The molecule has 1 aromatic carbocycles. The monoisotopic (exact) mass is 263 g/mol. The molecule has 2 heterocycles. The van der Waals surface area contributed by atoms with Crippen molar-refractivity contribution in [3.8, 4) is 11.5 Å². The topological polar surface area (TPSA) is 52.1 Å². The van der Waals surface area contributed by atoms with Gasteiger partial charge in [-0.05, 0) is 31.3 Å². The lowest BCUT2D eigenvalue weighted by molar-refractivity contribution is 0.0822. The fourth-order valence-corrected chi connectivity index (χ4v) is 2.30. The zero-order valence-electron chi connectivity index (χ0n) is 9.92. The average Bonchev–Trinajstić information content (AvgIpc) is 2.79. The Hall–Kier alpha value is -1.82. The number of H-pyrrole nitrogens is 1. The fourth-order valence-electron chi connectivity index (χ4n) is 2.03. The highest BCUT2D eigenvalue weighted by atomic mass is 32.1. The minimum Gasteiger partial charge on any atom is -0.485 e. The molecule has 6 heteroatoms. The van der Waals surface area contributed by atoms with Gasteiger partial charge in [0.25, 0.3) is 0 Å². The summed E-state index contributed by atoms with van der Waals surface area (Å²) in [5, 5.41) is 7.01. The molecule has 5 nitrogen and oxygen atoms in total. The van der Waals surface area contributed by atoms with E-state index in [1.165, 1.54) is 0 Å². The first-order valence-corrected chi connectivity index (χ1v) is 6.24. The number of fused-ring (bicyclic) bond motifs is 1. The summed E-state index contributed by atoms with van der Waals surface area (Å²) in [4.78, 5) is 0. The number of nitrogens with zero attached hydrogens (tertiary/aromatic N) is 2. The van der Waals surface area contributed by atoms with Gasteiger partial charge in [0.2, 0.25) is 0 Å². The number of nitrogens with one attached hydrogen (secondary N) is 1. The summed E-state index contributed by atoms with van der Waals surface area (Å²) in [6, 6.07) is 7.62. The number of aromatic nitrogens is 3. The highest BCUT2D eigenvalue weighted by Crippen LogP contribution is 2.35. The lowest BCUT2D eigenvalue weighted by Crippen LogP contribution is -2.24. The third kappa shape index (κ3) is 1.78. The van der Waals surface area contributed by atoms with Gasteiger partial charge in [0, 0.05) is 6.54 Å². The van der Waals surface area contributed by atoms with Gasteiger partial charge in [-0.25, -0.2) is 0 Å². The van der Waals surface area contributed by atoms with Crippen molar-refractivity contribution in [2.45, 2.75) is 19.6 Å². The summed E-state index contributed by atoms with van der Waals surface area (Å²) in [7, 11) is 0. The maximum Gasteiger partial charge on any atom is 0.195 e. The van der Waals surface area contributed by atoms with Crippen molar-refractivity contribution >= 4 is 12.2 Å². The average molecular weight is 263 g/mol. The molecule has 1 aliphatic heterocycles. The smallest absolute Gasteiger partial charge is 0.195 e. The zero-order valence-corrected chi connectivity index (χ0v) is 10.7. The summed E-state index contributed by atoms with van der Waals surface area (Å²) < 4.78 is 14.1. The maximum atomic E-state index is 5.90. The summed E-state index contributed by atoms with van der Waals surface area (Å²) >= 11 is 5.17. The van der Waals surface area contributed by atoms with Crippen molar-refractivity contribution in [2.24, 2.45) is 0 Å². The van der Waals surface area contributed by atoms with Crippen LogP contribution in [-0.2, 0) is 6.54 Å². The summed E-state index contributed by atoms with van der Waals surface area (Å²) in [6.07, 6.45) is -0.229. The Morgan fingerprint density at radius 2 is 2.22 bits per heavy atom. The van der Waals surface area contributed by atoms with Crippen LogP contribution in [-0.4, -0.2) is 21.4 Å². The summed E-state index contributed by atoms with van der Waals surface area (Å²) in [5.74, 6) is 2.29. The lowest BCUT2D eigenvalue weighted by atomic mass is 10.2. The summed E-state index contributed by atoms with van der Waals surface area (Å²) in [6.45, 7) is 3.22. The zero-order chi connectivity index (χ0) is 12.5. The summed E-state index contributed by atoms with van der Waals surface area (Å²) in [5.41, 5.74) is 0. The van der Waals surface area contributed by atoms with Crippen molar-refractivity contribution < 1.29 is 9.47 Å². The molecule has 1 N–H and O–H groups in total. The predicted octanol–water partition coefficient (Wildman–Crippen LogP) is 2.47. The quantitative estimate of drug-likeness (QED) is 0.846. The van der Waals surface area contributed by atoms with Crippen LogP contribution in [0.4, 0.5) is 0 Å². The largest absolute Gasteiger partial charge is 0.485 e. The van der Waals surface area contributed by atoms with Gasteiger partial charge in [-0.15, -0.1) is 0 Å². The SMILES string of the molecule is CCn1c([C@@H]2COc3ccccc3O2)n[nH]c1=S. The van der Waals surface area contributed by atoms with E-state index in [9.17, 15) is 0 Å². The molecule has 0 aliphatic carbocycles. The third-order valence-electron chi connectivity index (χ3n) is 2.90. The number of hydrogen-bond donors (Lipinski definition) is 1. The fraction of sp³-hybridized carbons (Fsp3) is 0.333. The van der Waals surface area contributed by atoms with E-state index in [0.717, 1.165) is 23.9 Å². The molecule has 0 fully saturated rings. The van der Waals surface area contributed by atoms with E-state index in [1.807, 2.05) is 35.8 Å². The van der Waals surface area contributed by atoms with Crippen LogP contribution in [0.1, 0.15) is 18.9 Å². The molecule has 1 aliphatic rings. The van der Waals surface area contributed by atoms with Crippen molar-refractivity contribution in [3.63, 3.8) is 0 Å². The van der Waals surface area contributed by atoms with Gasteiger partial charge < -0.3 is 14.0 Å². The second-order valence-electron chi connectivity index (χ2n) is 4.00. The Balaban J connectivity index is 1.94. The number of benzene rings is 1. The number of aromatic amines is 1. The van der Waals surface area contributed by atoms with E-state index >= 15 is 0 Å². The van der Waals surface area contributed by atoms with Crippen LogP contribution in [0.25, 0.3) is 0 Å². The second kappa shape index (κ2) is 4.45. The molecular formula is C12H13N3O2S. The van der Waals surface area contributed by atoms with E-state index in [2.05, 4.69) is 10.2 Å². The molecule has 2 aromatic rings. The van der Waals surface area contributed by atoms with Crippen LogP contribution in [0, 0.1) is 4.77 Å². The Labute approximate surface area is 109 Å². The number of rotatable bonds is 2. The molecule has 94 valence electrons. The highest BCUT2D eigenvalue weighted by Gasteiger charge is 2.26. The first-order valence-electron chi connectivity index (χ1n) is 5.83. The molecule has 0 unspecified atom stereocenters. The maximum absolute atomic E-state index is 5.90. The second-order valence-corrected chi connectivity index (χ2v) is 4.38. The normalized spacial score (nSPS) is 17.7. The van der Waals surface area contributed by atoms with E-state index in [1.54, 1.807) is 0 Å². The van der Waals surface area contributed by atoms with Gasteiger partial charge in [0.1, 0.15) is 6.61 Å². The van der Waals surface area contributed by atoms with Gasteiger partial charge >= 0.3 is 0 Å². The molecule has 0 spiro atoms. The molecule has 1 aromatic heterocycles. The number of ether oxygens (including phenoxy) is 2.